The van der Waals surface area contributed by atoms with Gasteiger partial charge in [-0.3, -0.25) is 4.79 Å². The second kappa shape index (κ2) is 7.34. The lowest BCUT2D eigenvalue weighted by molar-refractivity contribution is 0.103. The van der Waals surface area contributed by atoms with E-state index in [0.717, 1.165) is 0 Å². The number of benzene rings is 2. The molecule has 2 aromatic carbocycles. The average molecular weight is 363 g/mol. The quantitative estimate of drug-likeness (QED) is 0.388. The van der Waals surface area contributed by atoms with E-state index in [1.54, 1.807) is 30.7 Å². The molecule has 1 aromatic heterocycles. The predicted molar refractivity (Wildman–Crippen MR) is 97.3 cm³/mol. The lowest BCUT2D eigenvalue weighted by Gasteiger charge is -2.05. The minimum Gasteiger partial charge on any atom is -0.288 e. The zero-order chi connectivity index (χ0) is 19.6. The first-order valence-electron chi connectivity index (χ1n) is 8.15. The van der Waals surface area contributed by atoms with Crippen LogP contribution < -0.4 is 0 Å². The minimum atomic E-state index is -0.691. The normalized spacial score (nSPS) is 11.3. The van der Waals surface area contributed by atoms with Gasteiger partial charge in [0.05, 0.1) is 16.9 Å². The molecule has 134 valence electrons. The van der Waals surface area contributed by atoms with Crippen LogP contribution in [0.25, 0.3) is 11.8 Å². The van der Waals surface area contributed by atoms with Crippen molar-refractivity contribution in [2.45, 2.75) is 13.8 Å². The van der Waals surface area contributed by atoms with Crippen LogP contribution in [-0.2, 0) is 0 Å². The average Bonchev–Trinajstić information content (AvgIpc) is 2.94. The first-order valence-corrected chi connectivity index (χ1v) is 8.15. The van der Waals surface area contributed by atoms with Crippen molar-refractivity contribution < 1.29 is 13.6 Å². The number of hydrogen-bond donors (Lipinski definition) is 0. The van der Waals surface area contributed by atoms with E-state index in [1.165, 1.54) is 42.5 Å². The number of ketones is 1. The smallest absolute Gasteiger partial charge is 0.206 e. The summed E-state index contributed by atoms with van der Waals surface area (Å²) >= 11 is 0. The maximum atomic E-state index is 13.9. The molecule has 0 saturated carbocycles. The van der Waals surface area contributed by atoms with Crippen molar-refractivity contribution in [2.24, 2.45) is 0 Å². The predicted octanol–water partition coefficient (Wildman–Crippen LogP) is 4.56. The Morgan fingerprint density at radius 1 is 1.11 bits per heavy atom. The van der Waals surface area contributed by atoms with Crippen molar-refractivity contribution in [1.82, 2.24) is 9.78 Å². The molecule has 0 spiro atoms. The molecule has 0 unspecified atom stereocenters. The fourth-order valence-corrected chi connectivity index (χ4v) is 2.78. The largest absolute Gasteiger partial charge is 0.288 e. The third-order valence-electron chi connectivity index (χ3n) is 4.19. The van der Waals surface area contributed by atoms with Crippen LogP contribution >= 0.6 is 0 Å². The summed E-state index contributed by atoms with van der Waals surface area (Å²) in [6, 6.07) is 13.2. The van der Waals surface area contributed by atoms with Crippen molar-refractivity contribution >= 4 is 11.9 Å². The van der Waals surface area contributed by atoms with Crippen LogP contribution in [0.2, 0.25) is 0 Å². The van der Waals surface area contributed by atoms with Gasteiger partial charge < -0.3 is 0 Å². The van der Waals surface area contributed by atoms with E-state index in [0.29, 0.717) is 22.6 Å². The monoisotopic (exact) mass is 363 g/mol. The van der Waals surface area contributed by atoms with Gasteiger partial charge in [-0.2, -0.15) is 10.4 Å². The Bertz CT molecular complexity index is 1090. The van der Waals surface area contributed by atoms with Crippen molar-refractivity contribution in [3.8, 4) is 11.8 Å². The molecule has 6 heteroatoms. The molecule has 4 nitrogen and oxygen atoms in total. The molecule has 3 rings (SSSR count). The number of aryl methyl sites for hydroxylation is 1. The van der Waals surface area contributed by atoms with Crippen LogP contribution in [0.15, 0.2) is 54.1 Å². The van der Waals surface area contributed by atoms with E-state index in [2.05, 4.69) is 5.10 Å². The summed E-state index contributed by atoms with van der Waals surface area (Å²) in [6.07, 6.45) is 1.41. The lowest BCUT2D eigenvalue weighted by atomic mass is 10.0. The number of rotatable bonds is 4. The Balaban J connectivity index is 2.05. The van der Waals surface area contributed by atoms with Crippen molar-refractivity contribution in [2.75, 3.05) is 0 Å². The van der Waals surface area contributed by atoms with E-state index >= 15 is 0 Å². The Hall–Kier alpha value is -3.59. The zero-order valence-corrected chi connectivity index (χ0v) is 14.7. The van der Waals surface area contributed by atoms with Crippen LogP contribution in [0.4, 0.5) is 8.78 Å². The Kier molecular flexibility index (Phi) is 4.95. The Labute approximate surface area is 155 Å². The third-order valence-corrected chi connectivity index (χ3v) is 4.19. The molecular formula is C21H15F2N3O. The number of aromatic nitrogens is 2. The van der Waals surface area contributed by atoms with E-state index < -0.39 is 11.6 Å². The highest BCUT2D eigenvalue weighted by Gasteiger charge is 2.18. The molecule has 3 aromatic rings. The molecular weight excluding hydrogens is 348 g/mol. The first kappa shape index (κ1) is 18.2. The molecule has 0 amide bonds. The van der Waals surface area contributed by atoms with Crippen LogP contribution in [0.3, 0.4) is 0 Å². The van der Waals surface area contributed by atoms with Gasteiger partial charge >= 0.3 is 0 Å². The Morgan fingerprint density at radius 2 is 1.78 bits per heavy atom. The maximum Gasteiger partial charge on any atom is 0.206 e. The minimum absolute atomic E-state index is 0.161. The number of carbonyl (C=O) groups is 1. The highest BCUT2D eigenvalue weighted by Crippen LogP contribution is 2.22. The summed E-state index contributed by atoms with van der Waals surface area (Å²) in [4.78, 5) is 12.5. The van der Waals surface area contributed by atoms with Crippen molar-refractivity contribution in [3.05, 3.63) is 88.3 Å². The fraction of sp³-hybridized carbons (Fsp3) is 0.0952. The molecule has 0 atom stereocenters. The number of carbonyl (C=O) groups excluding carboxylic acids is 1. The second-order valence-electron chi connectivity index (χ2n) is 5.95. The first-order chi connectivity index (χ1) is 12.9. The molecule has 27 heavy (non-hydrogen) atoms. The van der Waals surface area contributed by atoms with Gasteiger partial charge in [0.15, 0.2) is 0 Å². The van der Waals surface area contributed by atoms with Crippen molar-refractivity contribution in [1.29, 1.82) is 5.26 Å². The topological polar surface area (TPSA) is 58.7 Å². The van der Waals surface area contributed by atoms with Gasteiger partial charge in [-0.1, -0.05) is 12.1 Å². The lowest BCUT2D eigenvalue weighted by Crippen LogP contribution is -2.05. The van der Waals surface area contributed by atoms with Gasteiger partial charge in [-0.05, 0) is 56.3 Å². The number of halogens is 2. The highest BCUT2D eigenvalue weighted by atomic mass is 19.1. The van der Waals surface area contributed by atoms with E-state index in [-0.39, 0.29) is 17.0 Å². The highest BCUT2D eigenvalue weighted by molar-refractivity contribution is 6.14. The van der Waals surface area contributed by atoms with Gasteiger partial charge in [-0.15, -0.1) is 0 Å². The summed E-state index contributed by atoms with van der Waals surface area (Å²) in [5.74, 6) is -1.73. The van der Waals surface area contributed by atoms with E-state index in [1.807, 2.05) is 6.07 Å². The second-order valence-corrected chi connectivity index (χ2v) is 5.95. The van der Waals surface area contributed by atoms with Crippen LogP contribution in [-0.4, -0.2) is 15.6 Å². The van der Waals surface area contributed by atoms with E-state index in [4.69, 9.17) is 0 Å². The van der Waals surface area contributed by atoms with Crippen molar-refractivity contribution in [3.63, 3.8) is 0 Å². The standard InChI is InChI=1S/C21H15F2N3O/c1-13-19(14(2)26(25-13)17-9-7-16(22)8-10-17)11-15(12-24)21(27)18-5-3-4-6-20(18)23/h3-11H,1-2H3/b15-11+. The number of Topliss-reactive ketones (excluding diaryl/α,β-unsaturated/α-hetero) is 1. The van der Waals surface area contributed by atoms with Gasteiger partial charge in [0.25, 0.3) is 0 Å². The van der Waals surface area contributed by atoms with E-state index in [9.17, 15) is 18.8 Å². The van der Waals surface area contributed by atoms with Gasteiger partial charge in [0, 0.05) is 11.3 Å². The number of allylic oxidation sites excluding steroid dienone is 1. The fourth-order valence-electron chi connectivity index (χ4n) is 2.78. The molecule has 0 fully saturated rings. The molecule has 0 bridgehead atoms. The Morgan fingerprint density at radius 3 is 2.41 bits per heavy atom. The number of hydrogen-bond acceptors (Lipinski definition) is 3. The summed E-state index contributed by atoms with van der Waals surface area (Å²) < 4.78 is 28.6. The third kappa shape index (κ3) is 3.53. The molecule has 0 N–H and O–H groups in total. The van der Waals surface area contributed by atoms with Gasteiger partial charge in [0.1, 0.15) is 23.3 Å². The number of nitrogens with zero attached hydrogens (tertiary/aromatic N) is 3. The van der Waals surface area contributed by atoms with Gasteiger partial charge in [-0.25, -0.2) is 13.5 Å². The molecule has 0 saturated heterocycles. The van der Waals surface area contributed by atoms with Gasteiger partial charge in [0.2, 0.25) is 5.78 Å². The summed E-state index contributed by atoms with van der Waals surface area (Å²) in [5.41, 5.74) is 2.15. The molecule has 1 heterocycles. The molecule has 0 aliphatic rings. The summed E-state index contributed by atoms with van der Waals surface area (Å²) in [5, 5.41) is 13.8. The molecule has 0 aliphatic carbocycles. The van der Waals surface area contributed by atoms with Crippen LogP contribution in [0.1, 0.15) is 27.3 Å². The summed E-state index contributed by atoms with van der Waals surface area (Å²) in [7, 11) is 0. The van der Waals surface area contributed by atoms with Crippen LogP contribution in [0.5, 0.6) is 0 Å². The molecule has 0 aliphatic heterocycles. The maximum absolute atomic E-state index is 13.9. The SMILES string of the molecule is Cc1nn(-c2ccc(F)cc2)c(C)c1/C=C(\C#N)C(=O)c1ccccc1F. The molecule has 0 radical (unpaired) electrons. The van der Waals surface area contributed by atoms with Crippen LogP contribution in [0, 0.1) is 36.8 Å². The summed E-state index contributed by atoms with van der Waals surface area (Å²) in [6.45, 7) is 3.51. The zero-order valence-electron chi connectivity index (χ0n) is 14.7. The number of nitriles is 1.